The molecule has 0 radical (unpaired) electrons. The van der Waals surface area contributed by atoms with Crippen molar-refractivity contribution in [1.29, 1.82) is 0 Å². The lowest BCUT2D eigenvalue weighted by atomic mass is 10.00. The zero-order valence-corrected chi connectivity index (χ0v) is 13.2. The van der Waals surface area contributed by atoms with Crippen LogP contribution in [0.2, 0.25) is 5.15 Å². The summed E-state index contributed by atoms with van der Waals surface area (Å²) < 4.78 is 1.52. The maximum absolute atomic E-state index is 12.3. The van der Waals surface area contributed by atoms with Gasteiger partial charge < -0.3 is 10.4 Å². The second kappa shape index (κ2) is 8.27. The van der Waals surface area contributed by atoms with Gasteiger partial charge in [0.25, 0.3) is 5.91 Å². The van der Waals surface area contributed by atoms with Crippen LogP contribution >= 0.6 is 11.6 Å². The maximum Gasteiger partial charge on any atom is 0.256 e. The number of hydrogen-bond donors (Lipinski definition) is 2. The van der Waals surface area contributed by atoms with Crippen molar-refractivity contribution in [1.82, 2.24) is 15.1 Å². The van der Waals surface area contributed by atoms with Crippen molar-refractivity contribution in [2.24, 2.45) is 13.0 Å². The number of aliphatic hydroxyl groups is 1. The molecular formula is C14H24ClN3O2. The van der Waals surface area contributed by atoms with E-state index in [2.05, 4.69) is 17.3 Å². The highest BCUT2D eigenvalue weighted by molar-refractivity contribution is 6.33. The number of carbonyl (C=O) groups excluding carboxylic acids is 1. The first-order chi connectivity index (χ1) is 9.54. The van der Waals surface area contributed by atoms with Crippen molar-refractivity contribution in [3.8, 4) is 0 Å². The maximum atomic E-state index is 12.3. The van der Waals surface area contributed by atoms with Crippen molar-refractivity contribution in [3.63, 3.8) is 0 Å². The number of rotatable bonds is 8. The molecule has 1 aromatic heterocycles. The van der Waals surface area contributed by atoms with Gasteiger partial charge in [-0.05, 0) is 25.2 Å². The number of aromatic nitrogens is 2. The van der Waals surface area contributed by atoms with E-state index in [1.807, 2.05) is 6.92 Å². The Bertz CT molecular complexity index is 440. The van der Waals surface area contributed by atoms with E-state index in [-0.39, 0.29) is 12.5 Å². The smallest absolute Gasteiger partial charge is 0.256 e. The van der Waals surface area contributed by atoms with Crippen LogP contribution in [0.1, 0.15) is 49.2 Å². The zero-order valence-electron chi connectivity index (χ0n) is 12.4. The van der Waals surface area contributed by atoms with E-state index in [1.54, 1.807) is 7.05 Å². The Balaban J connectivity index is 2.71. The minimum atomic E-state index is -0.181. The second-order valence-corrected chi connectivity index (χ2v) is 5.32. The SMILES string of the molecule is CCCC(CCO)CNC(=O)c1c(CC)nn(C)c1Cl. The molecule has 0 aliphatic rings. The number of aryl methyl sites for hydroxylation is 2. The molecule has 0 aliphatic heterocycles. The number of halogens is 1. The first-order valence-electron chi connectivity index (χ1n) is 7.15. The molecule has 114 valence electrons. The van der Waals surface area contributed by atoms with Crippen molar-refractivity contribution >= 4 is 17.5 Å². The third kappa shape index (κ3) is 4.21. The second-order valence-electron chi connectivity index (χ2n) is 4.97. The van der Waals surface area contributed by atoms with Crippen LogP contribution in [-0.4, -0.2) is 33.9 Å². The molecule has 6 heteroatoms. The number of nitrogens with zero attached hydrogens (tertiary/aromatic N) is 2. The van der Waals surface area contributed by atoms with Crippen molar-refractivity contribution in [2.75, 3.05) is 13.2 Å². The van der Waals surface area contributed by atoms with Gasteiger partial charge in [-0.3, -0.25) is 9.48 Å². The Kier molecular flexibility index (Phi) is 7.02. The van der Waals surface area contributed by atoms with Gasteiger partial charge in [-0.25, -0.2) is 0 Å². The Labute approximate surface area is 125 Å². The molecule has 0 spiro atoms. The predicted molar refractivity (Wildman–Crippen MR) is 80.0 cm³/mol. The summed E-state index contributed by atoms with van der Waals surface area (Å²) in [5.41, 5.74) is 1.18. The number of amides is 1. The van der Waals surface area contributed by atoms with Gasteiger partial charge >= 0.3 is 0 Å². The summed E-state index contributed by atoms with van der Waals surface area (Å²) in [5.74, 6) is 0.119. The summed E-state index contributed by atoms with van der Waals surface area (Å²) in [5, 5.41) is 16.5. The Morgan fingerprint density at radius 3 is 2.70 bits per heavy atom. The van der Waals surface area contributed by atoms with Crippen LogP contribution in [0.25, 0.3) is 0 Å². The van der Waals surface area contributed by atoms with Gasteiger partial charge in [-0.15, -0.1) is 0 Å². The topological polar surface area (TPSA) is 67.2 Å². The fourth-order valence-corrected chi connectivity index (χ4v) is 2.53. The zero-order chi connectivity index (χ0) is 15.1. The molecule has 1 heterocycles. The van der Waals surface area contributed by atoms with Crippen molar-refractivity contribution < 1.29 is 9.90 Å². The van der Waals surface area contributed by atoms with Gasteiger partial charge in [0.2, 0.25) is 0 Å². The predicted octanol–water partition coefficient (Wildman–Crippen LogP) is 2.16. The summed E-state index contributed by atoms with van der Waals surface area (Å²) in [6.45, 7) is 4.75. The highest BCUT2D eigenvalue weighted by Gasteiger charge is 2.21. The van der Waals surface area contributed by atoms with Gasteiger partial charge in [0.05, 0.1) is 11.3 Å². The molecule has 0 bridgehead atoms. The standard InChI is InChI=1S/C14H24ClN3O2/c1-4-6-10(7-8-19)9-16-14(20)12-11(5-2)17-18(3)13(12)15/h10,19H,4-9H2,1-3H3,(H,16,20). The highest BCUT2D eigenvalue weighted by Crippen LogP contribution is 2.20. The van der Waals surface area contributed by atoms with E-state index in [1.165, 1.54) is 4.68 Å². The molecule has 0 aliphatic carbocycles. The lowest BCUT2D eigenvalue weighted by Gasteiger charge is -2.15. The van der Waals surface area contributed by atoms with Crippen LogP contribution in [0.15, 0.2) is 0 Å². The fourth-order valence-electron chi connectivity index (χ4n) is 2.29. The molecule has 0 aromatic carbocycles. The molecule has 5 nitrogen and oxygen atoms in total. The van der Waals surface area contributed by atoms with E-state index < -0.39 is 0 Å². The summed E-state index contributed by atoms with van der Waals surface area (Å²) in [6.07, 6.45) is 3.39. The monoisotopic (exact) mass is 301 g/mol. The molecular weight excluding hydrogens is 278 g/mol. The fraction of sp³-hybridized carbons (Fsp3) is 0.714. The first kappa shape index (κ1) is 17.0. The number of nitrogens with one attached hydrogen (secondary N) is 1. The molecule has 0 saturated heterocycles. The number of aliphatic hydroxyl groups excluding tert-OH is 1. The molecule has 20 heavy (non-hydrogen) atoms. The Hall–Kier alpha value is -1.07. The minimum absolute atomic E-state index is 0.147. The quantitative estimate of drug-likeness (QED) is 0.773. The van der Waals surface area contributed by atoms with Gasteiger partial charge in [-0.2, -0.15) is 5.10 Å². The Morgan fingerprint density at radius 2 is 2.15 bits per heavy atom. The van der Waals surface area contributed by atoms with Crippen LogP contribution < -0.4 is 5.32 Å². The first-order valence-corrected chi connectivity index (χ1v) is 7.53. The van der Waals surface area contributed by atoms with Crippen LogP contribution in [0.3, 0.4) is 0 Å². The molecule has 0 fully saturated rings. The number of carbonyl (C=O) groups is 1. The lowest BCUT2D eigenvalue weighted by Crippen LogP contribution is -2.30. The number of hydrogen-bond acceptors (Lipinski definition) is 3. The summed E-state index contributed by atoms with van der Waals surface area (Å²) in [4.78, 5) is 12.3. The van der Waals surface area contributed by atoms with Crippen LogP contribution in [0, 0.1) is 5.92 Å². The van der Waals surface area contributed by atoms with Crippen LogP contribution in [0.5, 0.6) is 0 Å². The lowest BCUT2D eigenvalue weighted by molar-refractivity contribution is 0.0942. The van der Waals surface area contributed by atoms with Crippen molar-refractivity contribution in [2.45, 2.75) is 39.5 Å². The molecule has 1 rings (SSSR count). The van der Waals surface area contributed by atoms with E-state index in [9.17, 15) is 4.79 Å². The molecule has 0 saturated carbocycles. The van der Waals surface area contributed by atoms with Crippen LogP contribution in [-0.2, 0) is 13.5 Å². The van der Waals surface area contributed by atoms with Gasteiger partial charge in [-0.1, -0.05) is 31.9 Å². The minimum Gasteiger partial charge on any atom is -0.396 e. The molecule has 1 atom stereocenters. The van der Waals surface area contributed by atoms with Crippen molar-refractivity contribution in [3.05, 3.63) is 16.4 Å². The van der Waals surface area contributed by atoms with E-state index in [4.69, 9.17) is 16.7 Å². The summed E-state index contributed by atoms with van der Waals surface area (Å²) >= 11 is 6.12. The van der Waals surface area contributed by atoms with Gasteiger partial charge in [0.1, 0.15) is 5.15 Å². The molecule has 1 aromatic rings. The van der Waals surface area contributed by atoms with E-state index in [0.29, 0.717) is 41.7 Å². The average Bonchev–Trinajstić information content (AvgIpc) is 2.72. The average molecular weight is 302 g/mol. The highest BCUT2D eigenvalue weighted by atomic mass is 35.5. The normalized spacial score (nSPS) is 12.4. The Morgan fingerprint density at radius 1 is 1.45 bits per heavy atom. The summed E-state index contributed by atoms with van der Waals surface area (Å²) in [6, 6.07) is 0. The van der Waals surface area contributed by atoms with Gasteiger partial charge in [0, 0.05) is 20.2 Å². The molecule has 2 N–H and O–H groups in total. The van der Waals surface area contributed by atoms with Gasteiger partial charge in [0.15, 0.2) is 0 Å². The molecule has 1 unspecified atom stereocenters. The summed E-state index contributed by atoms with van der Waals surface area (Å²) in [7, 11) is 1.73. The van der Waals surface area contributed by atoms with E-state index in [0.717, 1.165) is 12.8 Å². The largest absolute Gasteiger partial charge is 0.396 e. The van der Waals surface area contributed by atoms with E-state index >= 15 is 0 Å². The third-order valence-corrected chi connectivity index (χ3v) is 3.83. The molecule has 1 amide bonds. The van der Waals surface area contributed by atoms with Crippen LogP contribution in [0.4, 0.5) is 0 Å². The third-order valence-electron chi connectivity index (χ3n) is 3.40.